The summed E-state index contributed by atoms with van der Waals surface area (Å²) in [6, 6.07) is 11.2. The fourth-order valence-corrected chi connectivity index (χ4v) is 1.86. The Hall–Kier alpha value is -2.82. The van der Waals surface area contributed by atoms with E-state index in [4.69, 9.17) is 8.83 Å². The first-order valence-corrected chi connectivity index (χ1v) is 5.52. The second kappa shape index (κ2) is 4.13. The second-order valence-electron chi connectivity index (χ2n) is 3.94. The van der Waals surface area contributed by atoms with E-state index < -0.39 is 5.82 Å². The highest BCUT2D eigenvalue weighted by Crippen LogP contribution is 2.28. The fourth-order valence-electron chi connectivity index (χ4n) is 1.86. The number of ketones is 1. The number of rotatable bonds is 2. The van der Waals surface area contributed by atoms with Crippen LogP contribution in [0.3, 0.4) is 0 Å². The molecule has 1 aromatic heterocycles. The van der Waals surface area contributed by atoms with E-state index in [1.165, 1.54) is 12.1 Å². The van der Waals surface area contributed by atoms with Gasteiger partial charge in [-0.2, -0.15) is 0 Å². The molecule has 0 amide bonds. The number of hydrogen-bond acceptors (Lipinski definition) is 5. The van der Waals surface area contributed by atoms with Crippen molar-refractivity contribution < 1.29 is 18.7 Å². The predicted molar refractivity (Wildman–Crippen MR) is 66.3 cm³/mol. The standard InChI is InChI=1S/C14H8O5/c15-10-7-6-9(12-13(10)19-14(17)18-12)11(16)8-4-2-1-3-5-8/h1-7,15H. The van der Waals surface area contributed by atoms with Gasteiger partial charge in [0, 0.05) is 5.56 Å². The molecule has 1 heterocycles. The maximum absolute atomic E-state index is 12.3. The Kier molecular flexibility index (Phi) is 2.45. The molecular weight excluding hydrogens is 248 g/mol. The largest absolute Gasteiger partial charge is 0.519 e. The molecule has 0 aliphatic rings. The van der Waals surface area contributed by atoms with E-state index in [1.807, 2.05) is 0 Å². The van der Waals surface area contributed by atoms with Crippen LogP contribution in [-0.2, 0) is 0 Å². The number of phenols is 1. The van der Waals surface area contributed by atoms with Gasteiger partial charge in [-0.15, -0.1) is 0 Å². The lowest BCUT2D eigenvalue weighted by molar-refractivity contribution is 0.103. The monoisotopic (exact) mass is 256 g/mol. The molecule has 5 nitrogen and oxygen atoms in total. The van der Waals surface area contributed by atoms with Crippen LogP contribution in [0.5, 0.6) is 5.75 Å². The first-order chi connectivity index (χ1) is 9.16. The number of carbonyl (C=O) groups is 1. The average molecular weight is 256 g/mol. The van der Waals surface area contributed by atoms with Gasteiger partial charge in [0.2, 0.25) is 5.58 Å². The summed E-state index contributed by atoms with van der Waals surface area (Å²) >= 11 is 0. The van der Waals surface area contributed by atoms with Crippen LogP contribution in [-0.4, -0.2) is 10.9 Å². The molecule has 0 aliphatic carbocycles. The third-order valence-electron chi connectivity index (χ3n) is 2.74. The van der Waals surface area contributed by atoms with Crippen LogP contribution in [0, 0.1) is 0 Å². The summed E-state index contributed by atoms with van der Waals surface area (Å²) in [6.45, 7) is 0. The smallest absolute Gasteiger partial charge is 0.504 e. The zero-order valence-corrected chi connectivity index (χ0v) is 9.62. The zero-order valence-electron chi connectivity index (χ0n) is 9.62. The number of carbonyl (C=O) groups excluding carboxylic acids is 1. The Morgan fingerprint density at radius 2 is 1.63 bits per heavy atom. The van der Waals surface area contributed by atoms with E-state index in [0.29, 0.717) is 5.56 Å². The molecule has 0 bridgehead atoms. The molecule has 0 unspecified atom stereocenters. The maximum Gasteiger partial charge on any atom is 0.519 e. The van der Waals surface area contributed by atoms with Gasteiger partial charge in [-0.1, -0.05) is 30.3 Å². The first-order valence-electron chi connectivity index (χ1n) is 5.52. The molecule has 2 aromatic carbocycles. The van der Waals surface area contributed by atoms with Gasteiger partial charge < -0.3 is 13.9 Å². The molecule has 0 aliphatic heterocycles. The van der Waals surface area contributed by atoms with Gasteiger partial charge >= 0.3 is 5.82 Å². The Morgan fingerprint density at radius 1 is 0.947 bits per heavy atom. The molecule has 0 saturated heterocycles. The average Bonchev–Trinajstić information content (AvgIpc) is 2.82. The van der Waals surface area contributed by atoms with Crippen molar-refractivity contribution >= 4 is 16.9 Å². The van der Waals surface area contributed by atoms with Crippen molar-refractivity contribution in [1.82, 2.24) is 0 Å². The predicted octanol–water partition coefficient (Wildman–Crippen LogP) is 2.32. The van der Waals surface area contributed by atoms with Crippen molar-refractivity contribution in [3.63, 3.8) is 0 Å². The first kappa shape index (κ1) is 11.3. The van der Waals surface area contributed by atoms with E-state index in [9.17, 15) is 14.7 Å². The van der Waals surface area contributed by atoms with Crippen LogP contribution in [0.1, 0.15) is 15.9 Å². The minimum absolute atomic E-state index is 0.0427. The second-order valence-corrected chi connectivity index (χ2v) is 3.94. The lowest BCUT2D eigenvalue weighted by Gasteiger charge is -2.01. The van der Waals surface area contributed by atoms with Gasteiger partial charge in [-0.3, -0.25) is 4.79 Å². The van der Waals surface area contributed by atoms with Crippen LogP contribution < -0.4 is 5.82 Å². The van der Waals surface area contributed by atoms with E-state index in [2.05, 4.69) is 0 Å². The summed E-state index contributed by atoms with van der Waals surface area (Å²) in [4.78, 5) is 23.4. The lowest BCUT2D eigenvalue weighted by atomic mass is 10.0. The van der Waals surface area contributed by atoms with Crippen molar-refractivity contribution in [2.75, 3.05) is 0 Å². The van der Waals surface area contributed by atoms with Crippen LogP contribution in [0.4, 0.5) is 0 Å². The van der Waals surface area contributed by atoms with Crippen LogP contribution in [0.2, 0.25) is 0 Å². The zero-order chi connectivity index (χ0) is 13.4. The van der Waals surface area contributed by atoms with Crippen molar-refractivity contribution in [3.05, 3.63) is 64.2 Å². The summed E-state index contributed by atoms with van der Waals surface area (Å²) < 4.78 is 9.52. The molecule has 94 valence electrons. The van der Waals surface area contributed by atoms with Crippen molar-refractivity contribution in [1.29, 1.82) is 0 Å². The van der Waals surface area contributed by atoms with Gasteiger partial charge in [-0.25, -0.2) is 4.79 Å². The molecule has 3 aromatic rings. The van der Waals surface area contributed by atoms with Gasteiger partial charge in [0.05, 0.1) is 5.56 Å². The Bertz CT molecular complexity index is 811. The maximum atomic E-state index is 12.3. The molecule has 0 atom stereocenters. The summed E-state index contributed by atoms with van der Waals surface area (Å²) in [7, 11) is 0. The van der Waals surface area contributed by atoms with E-state index >= 15 is 0 Å². The van der Waals surface area contributed by atoms with E-state index in [-0.39, 0.29) is 28.3 Å². The van der Waals surface area contributed by atoms with E-state index in [1.54, 1.807) is 30.3 Å². The van der Waals surface area contributed by atoms with Crippen LogP contribution in [0.25, 0.3) is 11.2 Å². The molecule has 19 heavy (non-hydrogen) atoms. The number of benzene rings is 2. The highest BCUT2D eigenvalue weighted by molar-refractivity contribution is 6.15. The molecular formula is C14H8O5. The highest BCUT2D eigenvalue weighted by Gasteiger charge is 2.19. The lowest BCUT2D eigenvalue weighted by Crippen LogP contribution is -2.01. The van der Waals surface area contributed by atoms with Crippen LogP contribution in [0.15, 0.2) is 56.1 Å². The van der Waals surface area contributed by atoms with Crippen molar-refractivity contribution in [2.45, 2.75) is 0 Å². The fraction of sp³-hybridized carbons (Fsp3) is 0. The highest BCUT2D eigenvalue weighted by atomic mass is 16.6. The topological polar surface area (TPSA) is 80.6 Å². The minimum atomic E-state index is -0.960. The molecule has 3 rings (SSSR count). The molecule has 0 spiro atoms. The van der Waals surface area contributed by atoms with Crippen molar-refractivity contribution in [3.8, 4) is 5.75 Å². The summed E-state index contributed by atoms with van der Waals surface area (Å²) in [6.07, 6.45) is 0. The van der Waals surface area contributed by atoms with Gasteiger partial charge in [0.15, 0.2) is 17.1 Å². The molecule has 0 radical (unpaired) electrons. The molecule has 0 saturated carbocycles. The molecule has 0 fully saturated rings. The van der Waals surface area contributed by atoms with Gasteiger partial charge in [0.1, 0.15) is 0 Å². The summed E-state index contributed by atoms with van der Waals surface area (Å²) in [5, 5.41) is 9.56. The third-order valence-corrected chi connectivity index (χ3v) is 2.74. The quantitative estimate of drug-likeness (QED) is 0.711. The number of hydrogen-bond donors (Lipinski definition) is 1. The number of phenolic OH excluding ortho intramolecular Hbond substituents is 1. The van der Waals surface area contributed by atoms with E-state index in [0.717, 1.165) is 0 Å². The van der Waals surface area contributed by atoms with Crippen LogP contribution >= 0.6 is 0 Å². The summed E-state index contributed by atoms with van der Waals surface area (Å²) in [5.41, 5.74) is 0.467. The minimum Gasteiger partial charge on any atom is -0.504 e. The molecule has 5 heteroatoms. The normalized spacial score (nSPS) is 10.7. The Balaban J connectivity index is 2.24. The Labute approximate surface area is 106 Å². The van der Waals surface area contributed by atoms with Gasteiger partial charge in [-0.05, 0) is 12.1 Å². The SMILES string of the molecule is O=C(c1ccccc1)c1ccc(O)c2oc(=O)oc12. The van der Waals surface area contributed by atoms with Gasteiger partial charge in [0.25, 0.3) is 0 Å². The number of fused-ring (bicyclic) bond motifs is 1. The Morgan fingerprint density at radius 3 is 2.37 bits per heavy atom. The molecule has 1 N–H and O–H groups in total. The third kappa shape index (κ3) is 1.81. The number of aromatic hydroxyl groups is 1. The van der Waals surface area contributed by atoms with Crippen molar-refractivity contribution in [2.24, 2.45) is 0 Å². The summed E-state index contributed by atoms with van der Waals surface area (Å²) in [5.74, 6) is -1.51.